The lowest BCUT2D eigenvalue weighted by atomic mass is 9.64. The summed E-state index contributed by atoms with van der Waals surface area (Å²) in [6.45, 7) is 5.04. The fourth-order valence-corrected chi connectivity index (χ4v) is 5.19. The number of carbonyl (C=O) groups is 2. The summed E-state index contributed by atoms with van der Waals surface area (Å²) in [5, 5.41) is 3.53. The first-order valence-electron chi connectivity index (χ1n) is 6.46. The van der Waals surface area contributed by atoms with E-state index in [1.807, 2.05) is 0 Å². The zero-order valence-corrected chi connectivity index (χ0v) is 12.6. The van der Waals surface area contributed by atoms with Crippen molar-refractivity contribution in [3.63, 3.8) is 0 Å². The third-order valence-electron chi connectivity index (χ3n) is 5.46. The highest BCUT2D eigenvalue weighted by Gasteiger charge is 2.73. The van der Waals surface area contributed by atoms with Crippen molar-refractivity contribution in [2.75, 3.05) is 18.4 Å². The first kappa shape index (κ1) is 14.0. The monoisotopic (exact) mass is 316 g/mol. The van der Waals surface area contributed by atoms with E-state index in [0.717, 1.165) is 12.8 Å². The average molecular weight is 317 g/mol. The van der Waals surface area contributed by atoms with Gasteiger partial charge < -0.3 is 11.1 Å². The van der Waals surface area contributed by atoms with Crippen LogP contribution in [0.5, 0.6) is 0 Å². The Labute approximate surface area is 116 Å². The number of nitrogens with two attached hydrogens (primary N) is 1. The molecular weight excluding hydrogens is 296 g/mol. The molecule has 2 aliphatic carbocycles. The van der Waals surface area contributed by atoms with Gasteiger partial charge in [0.2, 0.25) is 5.91 Å². The zero-order chi connectivity index (χ0) is 13.6. The molecule has 1 amide bonds. The van der Waals surface area contributed by atoms with Crippen LogP contribution in [0.15, 0.2) is 0 Å². The van der Waals surface area contributed by atoms with Gasteiger partial charge in [-0.1, -0.05) is 29.8 Å². The van der Waals surface area contributed by atoms with E-state index in [4.69, 9.17) is 5.73 Å². The molecule has 0 spiro atoms. The van der Waals surface area contributed by atoms with Crippen molar-refractivity contribution >= 4 is 27.6 Å². The van der Waals surface area contributed by atoms with Crippen LogP contribution in [-0.2, 0) is 9.59 Å². The summed E-state index contributed by atoms with van der Waals surface area (Å²) >= 11 is 3.49. The number of amides is 1. The van der Waals surface area contributed by atoms with Crippen LogP contribution in [-0.4, -0.2) is 30.1 Å². The summed E-state index contributed by atoms with van der Waals surface area (Å²) in [5.74, 6) is 0.241. The molecule has 2 saturated carbocycles. The highest BCUT2D eigenvalue weighted by molar-refractivity contribution is 9.09. The second-order valence-corrected chi connectivity index (χ2v) is 6.63. The van der Waals surface area contributed by atoms with Gasteiger partial charge >= 0.3 is 0 Å². The Balaban J connectivity index is 2.36. The van der Waals surface area contributed by atoms with E-state index in [-0.39, 0.29) is 22.5 Å². The van der Waals surface area contributed by atoms with E-state index < -0.39 is 5.41 Å². The SMILES string of the molecule is CC1(C)[C@]2(CBr)CC[C@]1(C(=O)NCCN)CC2=O. The summed E-state index contributed by atoms with van der Waals surface area (Å²) in [6.07, 6.45) is 1.98. The molecule has 2 bridgehead atoms. The quantitative estimate of drug-likeness (QED) is 0.766. The van der Waals surface area contributed by atoms with Crippen LogP contribution in [0, 0.1) is 16.2 Å². The van der Waals surface area contributed by atoms with Gasteiger partial charge in [0.15, 0.2) is 0 Å². The molecule has 2 rings (SSSR count). The van der Waals surface area contributed by atoms with Crippen LogP contribution in [0.4, 0.5) is 0 Å². The number of hydrogen-bond donors (Lipinski definition) is 2. The van der Waals surface area contributed by atoms with Gasteiger partial charge in [0.25, 0.3) is 0 Å². The van der Waals surface area contributed by atoms with Crippen molar-refractivity contribution < 1.29 is 9.59 Å². The Kier molecular flexibility index (Phi) is 3.35. The van der Waals surface area contributed by atoms with Crippen LogP contribution in [0.3, 0.4) is 0 Å². The smallest absolute Gasteiger partial charge is 0.227 e. The molecule has 2 fully saturated rings. The second-order valence-electron chi connectivity index (χ2n) is 6.07. The number of rotatable bonds is 4. The highest BCUT2D eigenvalue weighted by atomic mass is 79.9. The van der Waals surface area contributed by atoms with Crippen LogP contribution in [0.2, 0.25) is 0 Å². The fourth-order valence-electron chi connectivity index (χ4n) is 3.89. The van der Waals surface area contributed by atoms with Gasteiger partial charge in [-0.05, 0) is 18.3 Å². The van der Waals surface area contributed by atoms with E-state index >= 15 is 0 Å². The summed E-state index contributed by atoms with van der Waals surface area (Å²) in [5.41, 5.74) is 4.23. The summed E-state index contributed by atoms with van der Waals surface area (Å²) in [7, 11) is 0. The molecule has 0 unspecified atom stereocenters. The van der Waals surface area contributed by atoms with Crippen LogP contribution in [0.1, 0.15) is 33.1 Å². The number of alkyl halides is 1. The summed E-state index contributed by atoms with van der Waals surface area (Å²) < 4.78 is 0. The lowest BCUT2D eigenvalue weighted by Crippen LogP contribution is -2.48. The number of carbonyl (C=O) groups excluding carboxylic acids is 2. The minimum Gasteiger partial charge on any atom is -0.354 e. The maximum absolute atomic E-state index is 12.5. The number of hydrogen-bond acceptors (Lipinski definition) is 3. The zero-order valence-electron chi connectivity index (χ0n) is 11.0. The molecular formula is C13H21BrN2O2. The van der Waals surface area contributed by atoms with Gasteiger partial charge in [-0.3, -0.25) is 9.59 Å². The molecule has 0 aliphatic heterocycles. The van der Waals surface area contributed by atoms with E-state index in [0.29, 0.717) is 24.8 Å². The Morgan fingerprint density at radius 1 is 1.44 bits per heavy atom. The van der Waals surface area contributed by atoms with Gasteiger partial charge in [0.1, 0.15) is 5.78 Å². The molecule has 3 N–H and O–H groups in total. The number of halogens is 1. The second kappa shape index (κ2) is 4.30. The maximum Gasteiger partial charge on any atom is 0.227 e. The van der Waals surface area contributed by atoms with Gasteiger partial charge in [0.05, 0.1) is 5.41 Å². The molecule has 102 valence electrons. The Hall–Kier alpha value is -0.420. The fraction of sp³-hybridized carbons (Fsp3) is 0.846. The normalized spacial score (nSPS) is 37.0. The van der Waals surface area contributed by atoms with Crippen LogP contribution in [0.25, 0.3) is 0 Å². The van der Waals surface area contributed by atoms with Crippen molar-refractivity contribution in [3.8, 4) is 0 Å². The minimum atomic E-state index is -0.535. The van der Waals surface area contributed by atoms with Gasteiger partial charge in [-0.2, -0.15) is 0 Å². The standard InChI is InChI=1S/C13H21BrN2O2/c1-11(2)12(10(18)16-6-5-15)3-4-13(11,8-14)9(17)7-12/h3-8,15H2,1-2H3,(H,16,18)/t12-,13+/m1/s1. The van der Waals surface area contributed by atoms with E-state index in [9.17, 15) is 9.59 Å². The summed E-state index contributed by atoms with van der Waals surface area (Å²) in [6, 6.07) is 0. The highest BCUT2D eigenvalue weighted by Crippen LogP contribution is 2.71. The molecule has 0 aromatic carbocycles. The molecule has 0 saturated heterocycles. The van der Waals surface area contributed by atoms with Crippen LogP contribution >= 0.6 is 15.9 Å². The van der Waals surface area contributed by atoms with Crippen molar-refractivity contribution in [2.45, 2.75) is 33.1 Å². The maximum atomic E-state index is 12.5. The molecule has 2 aliphatic rings. The Bertz CT molecular complexity index is 396. The Morgan fingerprint density at radius 3 is 2.56 bits per heavy atom. The first-order chi connectivity index (χ1) is 8.38. The molecule has 0 aromatic heterocycles. The predicted molar refractivity (Wildman–Crippen MR) is 73.4 cm³/mol. The molecule has 2 atom stereocenters. The first-order valence-corrected chi connectivity index (χ1v) is 7.58. The third-order valence-corrected chi connectivity index (χ3v) is 6.42. The lowest BCUT2D eigenvalue weighted by molar-refractivity contribution is -0.136. The third kappa shape index (κ3) is 1.40. The predicted octanol–water partition coefficient (Wildman–Crippen LogP) is 1.22. The van der Waals surface area contributed by atoms with Crippen molar-refractivity contribution in [2.24, 2.45) is 22.0 Å². The molecule has 0 radical (unpaired) electrons. The molecule has 18 heavy (non-hydrogen) atoms. The number of ketones is 1. The molecule has 0 heterocycles. The van der Waals surface area contributed by atoms with Crippen molar-refractivity contribution in [1.29, 1.82) is 0 Å². The largest absolute Gasteiger partial charge is 0.354 e. The number of nitrogens with one attached hydrogen (secondary N) is 1. The van der Waals surface area contributed by atoms with Gasteiger partial charge in [0, 0.05) is 30.3 Å². The van der Waals surface area contributed by atoms with Crippen LogP contribution < -0.4 is 11.1 Å². The van der Waals surface area contributed by atoms with Gasteiger partial charge in [-0.25, -0.2) is 0 Å². The molecule has 0 aromatic rings. The van der Waals surface area contributed by atoms with Gasteiger partial charge in [-0.15, -0.1) is 0 Å². The van der Waals surface area contributed by atoms with Crippen molar-refractivity contribution in [3.05, 3.63) is 0 Å². The summed E-state index contributed by atoms with van der Waals surface area (Å²) in [4.78, 5) is 24.8. The van der Waals surface area contributed by atoms with E-state index in [1.165, 1.54) is 0 Å². The topological polar surface area (TPSA) is 72.2 Å². The molecule has 5 heteroatoms. The average Bonchev–Trinajstić information content (AvgIpc) is 2.66. The molecule has 4 nitrogen and oxygen atoms in total. The lowest BCUT2D eigenvalue weighted by Gasteiger charge is -2.39. The minimum absolute atomic E-state index is 0.00613. The number of Topliss-reactive ketones (excluding diaryl/α,β-unsaturated/α-hetero) is 1. The van der Waals surface area contributed by atoms with E-state index in [2.05, 4.69) is 35.1 Å². The van der Waals surface area contributed by atoms with E-state index in [1.54, 1.807) is 0 Å². The van der Waals surface area contributed by atoms with Crippen molar-refractivity contribution in [1.82, 2.24) is 5.32 Å². The number of fused-ring (bicyclic) bond motifs is 2. The Morgan fingerprint density at radius 2 is 2.11 bits per heavy atom.